The van der Waals surface area contributed by atoms with Gasteiger partial charge in [0, 0.05) is 12.5 Å². The largest absolute Gasteiger partial charge is 0.396 e. The van der Waals surface area contributed by atoms with Crippen LogP contribution in [0.2, 0.25) is 0 Å². The van der Waals surface area contributed by atoms with Crippen molar-refractivity contribution >= 4 is 0 Å². The van der Waals surface area contributed by atoms with Crippen LogP contribution in [0.1, 0.15) is 27.2 Å². The summed E-state index contributed by atoms with van der Waals surface area (Å²) in [6, 6.07) is 0. The van der Waals surface area contributed by atoms with Gasteiger partial charge in [0.15, 0.2) is 0 Å². The molecule has 10 heavy (non-hydrogen) atoms. The van der Waals surface area contributed by atoms with Crippen LogP contribution in [0.25, 0.3) is 0 Å². The summed E-state index contributed by atoms with van der Waals surface area (Å²) in [7, 11) is 0. The predicted octanol–water partition coefficient (Wildman–Crippen LogP) is 1.43. The number of rotatable bonds is 1. The normalized spacial score (nSPS) is 31.2. The van der Waals surface area contributed by atoms with Crippen LogP contribution in [0, 0.1) is 5.92 Å². The molecular weight excluding hydrogens is 128 g/mol. The summed E-state index contributed by atoms with van der Waals surface area (Å²) in [5.74, 6) is 0.407. The lowest BCUT2D eigenvalue weighted by molar-refractivity contribution is 0.113. The van der Waals surface area contributed by atoms with Crippen LogP contribution >= 0.6 is 0 Å². The molecule has 0 aromatic rings. The Kier molecular flexibility index (Phi) is 5.64. The van der Waals surface area contributed by atoms with Gasteiger partial charge in [-0.25, -0.2) is 0 Å². The molecular formula is C8H18O2. The zero-order chi connectivity index (χ0) is 7.98. The maximum Gasteiger partial charge on any atom is 0.0551 e. The molecule has 2 nitrogen and oxygen atoms in total. The van der Waals surface area contributed by atoms with Crippen molar-refractivity contribution in [2.24, 2.45) is 5.92 Å². The first kappa shape index (κ1) is 9.92. The lowest BCUT2D eigenvalue weighted by Crippen LogP contribution is -2.03. The zero-order valence-electron chi connectivity index (χ0n) is 7.13. The highest BCUT2D eigenvalue weighted by Crippen LogP contribution is 2.17. The molecule has 0 amide bonds. The van der Waals surface area contributed by atoms with Gasteiger partial charge in [-0.2, -0.15) is 0 Å². The lowest BCUT2D eigenvalue weighted by Gasteiger charge is -1.98. The van der Waals surface area contributed by atoms with Crippen LogP contribution in [0.4, 0.5) is 0 Å². The van der Waals surface area contributed by atoms with E-state index in [1.54, 1.807) is 0 Å². The first-order valence-electron chi connectivity index (χ1n) is 4.05. The van der Waals surface area contributed by atoms with Gasteiger partial charge in [0.25, 0.3) is 0 Å². The predicted molar refractivity (Wildman–Crippen MR) is 42.0 cm³/mol. The summed E-state index contributed by atoms with van der Waals surface area (Å²) >= 11 is 0. The van der Waals surface area contributed by atoms with Gasteiger partial charge in [0.1, 0.15) is 0 Å². The van der Waals surface area contributed by atoms with Gasteiger partial charge in [0.2, 0.25) is 0 Å². The Hall–Kier alpha value is -0.0800. The molecule has 0 aliphatic carbocycles. The van der Waals surface area contributed by atoms with Gasteiger partial charge >= 0.3 is 0 Å². The van der Waals surface area contributed by atoms with Gasteiger partial charge in [-0.15, -0.1) is 0 Å². The molecule has 1 aliphatic rings. The summed E-state index contributed by atoms with van der Waals surface area (Å²) < 4.78 is 5.20. The fourth-order valence-electron chi connectivity index (χ4n) is 1.03. The van der Waals surface area contributed by atoms with Crippen molar-refractivity contribution < 1.29 is 9.84 Å². The fourth-order valence-corrected chi connectivity index (χ4v) is 1.03. The minimum absolute atomic E-state index is 0.282. The Balaban J connectivity index is 0.000000371. The summed E-state index contributed by atoms with van der Waals surface area (Å²) in [5.41, 5.74) is 0. The molecule has 1 fully saturated rings. The average molecular weight is 146 g/mol. The van der Waals surface area contributed by atoms with E-state index in [0.29, 0.717) is 12.0 Å². The molecule has 1 aliphatic heterocycles. The quantitative estimate of drug-likeness (QED) is 0.606. The summed E-state index contributed by atoms with van der Waals surface area (Å²) in [6.07, 6.45) is 1.39. The van der Waals surface area contributed by atoms with Gasteiger partial charge in [-0.1, -0.05) is 13.8 Å². The van der Waals surface area contributed by atoms with Crippen LogP contribution in [0.3, 0.4) is 0 Å². The molecule has 0 aromatic heterocycles. The molecule has 0 saturated carbocycles. The number of aliphatic hydroxyl groups is 1. The van der Waals surface area contributed by atoms with E-state index in [1.165, 1.54) is 0 Å². The third kappa shape index (κ3) is 3.18. The SMILES string of the molecule is CC.CC1CC(CO)CO1. The van der Waals surface area contributed by atoms with Gasteiger partial charge < -0.3 is 9.84 Å². The second-order valence-electron chi connectivity index (χ2n) is 2.43. The van der Waals surface area contributed by atoms with Crippen LogP contribution < -0.4 is 0 Å². The number of hydrogen-bond acceptors (Lipinski definition) is 2. The Morgan fingerprint density at radius 2 is 2.10 bits per heavy atom. The van der Waals surface area contributed by atoms with Crippen LogP contribution in [-0.4, -0.2) is 24.4 Å². The first-order valence-corrected chi connectivity index (χ1v) is 4.05. The first-order chi connectivity index (χ1) is 4.83. The van der Waals surface area contributed by atoms with E-state index in [9.17, 15) is 0 Å². The molecule has 2 unspecified atom stereocenters. The Morgan fingerprint density at radius 1 is 1.50 bits per heavy atom. The molecule has 2 heteroatoms. The van der Waals surface area contributed by atoms with Crippen LogP contribution in [-0.2, 0) is 4.74 Å². The molecule has 1 saturated heterocycles. The van der Waals surface area contributed by atoms with E-state index >= 15 is 0 Å². The maximum absolute atomic E-state index is 8.60. The van der Waals surface area contributed by atoms with Gasteiger partial charge in [-0.05, 0) is 13.3 Å². The molecule has 0 aromatic carbocycles. The minimum Gasteiger partial charge on any atom is -0.396 e. The van der Waals surface area contributed by atoms with E-state index in [2.05, 4.69) is 0 Å². The topological polar surface area (TPSA) is 29.5 Å². The Morgan fingerprint density at radius 3 is 2.30 bits per heavy atom. The van der Waals surface area contributed by atoms with Crippen molar-refractivity contribution in [2.45, 2.75) is 33.3 Å². The van der Waals surface area contributed by atoms with Crippen LogP contribution in [0.5, 0.6) is 0 Å². The average Bonchev–Trinajstić information content (AvgIpc) is 2.40. The number of hydrogen-bond donors (Lipinski definition) is 1. The lowest BCUT2D eigenvalue weighted by atomic mass is 10.1. The van der Waals surface area contributed by atoms with Crippen LogP contribution in [0.15, 0.2) is 0 Å². The Bertz CT molecular complexity index is 73.7. The van der Waals surface area contributed by atoms with Gasteiger partial charge in [0.05, 0.1) is 12.7 Å². The highest BCUT2D eigenvalue weighted by atomic mass is 16.5. The van der Waals surface area contributed by atoms with Crippen molar-refractivity contribution in [1.29, 1.82) is 0 Å². The van der Waals surface area contributed by atoms with E-state index in [-0.39, 0.29) is 6.61 Å². The third-order valence-corrected chi connectivity index (χ3v) is 1.54. The van der Waals surface area contributed by atoms with E-state index in [0.717, 1.165) is 13.0 Å². The van der Waals surface area contributed by atoms with Crippen molar-refractivity contribution in [2.75, 3.05) is 13.2 Å². The smallest absolute Gasteiger partial charge is 0.0551 e. The highest BCUT2D eigenvalue weighted by Gasteiger charge is 2.20. The molecule has 0 radical (unpaired) electrons. The second kappa shape index (κ2) is 5.69. The van der Waals surface area contributed by atoms with Crippen molar-refractivity contribution in [1.82, 2.24) is 0 Å². The monoisotopic (exact) mass is 146 g/mol. The molecule has 62 valence electrons. The third-order valence-electron chi connectivity index (χ3n) is 1.54. The van der Waals surface area contributed by atoms with Gasteiger partial charge in [-0.3, -0.25) is 0 Å². The summed E-state index contributed by atoms with van der Waals surface area (Å²) in [5, 5.41) is 8.60. The number of aliphatic hydroxyl groups excluding tert-OH is 1. The molecule has 0 bridgehead atoms. The van der Waals surface area contributed by atoms with E-state index in [4.69, 9.17) is 9.84 Å². The van der Waals surface area contributed by atoms with Crippen molar-refractivity contribution in [3.05, 3.63) is 0 Å². The highest BCUT2D eigenvalue weighted by molar-refractivity contribution is 4.68. The molecule has 0 spiro atoms. The minimum atomic E-state index is 0.282. The van der Waals surface area contributed by atoms with Crippen molar-refractivity contribution in [3.63, 3.8) is 0 Å². The molecule has 2 atom stereocenters. The second-order valence-corrected chi connectivity index (χ2v) is 2.43. The number of ether oxygens (including phenoxy) is 1. The fraction of sp³-hybridized carbons (Fsp3) is 1.00. The molecule has 1 heterocycles. The zero-order valence-corrected chi connectivity index (χ0v) is 7.13. The van der Waals surface area contributed by atoms with E-state index < -0.39 is 0 Å². The van der Waals surface area contributed by atoms with E-state index in [1.807, 2.05) is 20.8 Å². The van der Waals surface area contributed by atoms with Crippen molar-refractivity contribution in [3.8, 4) is 0 Å². The Labute approximate surface area is 63.2 Å². The molecule has 1 rings (SSSR count). The maximum atomic E-state index is 8.60. The summed E-state index contributed by atoms with van der Waals surface area (Å²) in [4.78, 5) is 0. The molecule has 1 N–H and O–H groups in total. The summed E-state index contributed by atoms with van der Waals surface area (Å²) in [6.45, 7) is 7.07. The standard InChI is InChI=1S/C6H12O2.C2H6/c1-5-2-6(3-7)4-8-5;1-2/h5-7H,2-4H2,1H3;1-2H3.